The number of aryl methyl sites for hydroxylation is 1. The third kappa shape index (κ3) is 1.87. The molecule has 2 aromatic rings. The number of nitro groups is 1. The van der Waals surface area contributed by atoms with Gasteiger partial charge in [-0.1, -0.05) is 12.1 Å². The van der Waals surface area contributed by atoms with E-state index in [1.165, 1.54) is 12.1 Å². The average Bonchev–Trinajstić information content (AvgIpc) is 2.58. The van der Waals surface area contributed by atoms with Crippen LogP contribution in [-0.2, 0) is 0 Å². The van der Waals surface area contributed by atoms with E-state index in [1.54, 1.807) is 19.1 Å². The van der Waals surface area contributed by atoms with Crippen LogP contribution in [0.5, 0.6) is 0 Å². The van der Waals surface area contributed by atoms with Gasteiger partial charge in [-0.2, -0.15) is 0 Å². The predicted molar refractivity (Wildman–Crippen MR) is 60.7 cm³/mol. The molecule has 1 N–H and O–H groups in total. The third-order valence-electron chi connectivity index (χ3n) is 2.17. The summed E-state index contributed by atoms with van der Waals surface area (Å²) in [5.74, 6) is 0.616. The summed E-state index contributed by atoms with van der Waals surface area (Å²) in [6.07, 6.45) is 0. The van der Waals surface area contributed by atoms with E-state index in [1.807, 2.05) is 0 Å². The first-order valence-corrected chi connectivity index (χ1v) is 4.93. The van der Waals surface area contributed by atoms with Gasteiger partial charge in [-0.25, -0.2) is 0 Å². The number of H-pyrrole nitrogens is 1. The summed E-state index contributed by atoms with van der Waals surface area (Å²) in [6.45, 7) is 1.75. The molecular weight excluding hydrogens is 228 g/mol. The Kier molecular flexibility index (Phi) is 2.57. The molecule has 2 rings (SSSR count). The van der Waals surface area contributed by atoms with Gasteiger partial charge in [0.1, 0.15) is 5.76 Å². The largest absolute Gasteiger partial charge is 0.434 e. The molecule has 6 heteroatoms. The van der Waals surface area contributed by atoms with Crippen molar-refractivity contribution < 1.29 is 9.34 Å². The number of benzene rings is 1. The molecular formula is C10H8N2O3S. The monoisotopic (exact) mass is 236 g/mol. The van der Waals surface area contributed by atoms with Gasteiger partial charge in [-0.15, -0.1) is 0 Å². The summed E-state index contributed by atoms with van der Waals surface area (Å²) in [5, 5.41) is 10.6. The topological polar surface area (TPSA) is 72.1 Å². The maximum absolute atomic E-state index is 10.6. The molecule has 0 amide bonds. The normalized spacial score (nSPS) is 10.3. The number of nitrogens with zero attached hydrogens (tertiary/aromatic N) is 1. The minimum absolute atomic E-state index is 0.0393. The average molecular weight is 236 g/mol. The predicted octanol–water partition coefficient (Wildman–Crippen LogP) is 3.22. The Balaban J connectivity index is 2.56. The molecule has 1 aromatic heterocycles. The van der Waals surface area contributed by atoms with E-state index >= 15 is 0 Å². The molecule has 82 valence electrons. The van der Waals surface area contributed by atoms with Crippen molar-refractivity contribution in [3.8, 4) is 11.3 Å². The lowest BCUT2D eigenvalue weighted by molar-refractivity contribution is -0.384. The molecule has 1 aromatic carbocycles. The van der Waals surface area contributed by atoms with Gasteiger partial charge in [0.15, 0.2) is 0 Å². The first kappa shape index (κ1) is 10.6. The quantitative estimate of drug-likeness (QED) is 0.493. The zero-order valence-corrected chi connectivity index (χ0v) is 9.21. The van der Waals surface area contributed by atoms with Gasteiger partial charge in [0, 0.05) is 17.7 Å². The Hall–Kier alpha value is -1.95. The van der Waals surface area contributed by atoms with Gasteiger partial charge in [-0.3, -0.25) is 10.1 Å². The molecule has 5 nitrogen and oxygen atoms in total. The lowest BCUT2D eigenvalue weighted by atomic mass is 10.1. The second kappa shape index (κ2) is 3.90. The Bertz CT molecular complexity index is 600. The van der Waals surface area contributed by atoms with Crippen molar-refractivity contribution in [2.75, 3.05) is 0 Å². The molecule has 0 saturated carbocycles. The van der Waals surface area contributed by atoms with Gasteiger partial charge in [0.2, 0.25) is 0 Å². The molecule has 0 aliphatic heterocycles. The molecule has 0 radical (unpaired) electrons. The van der Waals surface area contributed by atoms with E-state index in [0.717, 1.165) is 0 Å². The Morgan fingerprint density at radius 2 is 2.25 bits per heavy atom. The first-order chi connectivity index (χ1) is 7.58. The lowest BCUT2D eigenvalue weighted by Gasteiger charge is -1.98. The Morgan fingerprint density at radius 3 is 2.81 bits per heavy atom. The molecule has 0 fully saturated rings. The molecule has 0 spiro atoms. The van der Waals surface area contributed by atoms with Crippen LogP contribution in [-0.4, -0.2) is 9.91 Å². The summed E-state index contributed by atoms with van der Waals surface area (Å²) in [4.78, 5) is 13.3. The first-order valence-electron chi connectivity index (χ1n) is 4.52. The number of nitro benzene ring substituents is 1. The van der Waals surface area contributed by atoms with Crippen LogP contribution in [0.4, 0.5) is 5.69 Å². The number of oxazole rings is 1. The smallest absolute Gasteiger partial charge is 0.270 e. The van der Waals surface area contributed by atoms with Crippen LogP contribution in [0.2, 0.25) is 0 Å². The number of hydrogen-bond acceptors (Lipinski definition) is 4. The fourth-order valence-corrected chi connectivity index (χ4v) is 1.68. The molecule has 0 saturated heterocycles. The van der Waals surface area contributed by atoms with Crippen molar-refractivity contribution in [1.82, 2.24) is 4.98 Å². The Morgan fingerprint density at radius 1 is 1.50 bits per heavy atom. The molecule has 16 heavy (non-hydrogen) atoms. The van der Waals surface area contributed by atoms with Crippen molar-refractivity contribution in [3.05, 3.63) is 45.0 Å². The highest BCUT2D eigenvalue weighted by atomic mass is 32.1. The summed E-state index contributed by atoms with van der Waals surface area (Å²) >= 11 is 4.85. The van der Waals surface area contributed by atoms with Crippen molar-refractivity contribution in [2.24, 2.45) is 0 Å². The van der Waals surface area contributed by atoms with Gasteiger partial charge >= 0.3 is 0 Å². The number of non-ortho nitro benzene ring substituents is 1. The molecule has 1 heterocycles. The van der Waals surface area contributed by atoms with Crippen molar-refractivity contribution in [3.63, 3.8) is 0 Å². The summed E-state index contributed by atoms with van der Waals surface area (Å²) in [5.41, 5.74) is 1.40. The van der Waals surface area contributed by atoms with Crippen LogP contribution < -0.4 is 0 Å². The highest BCUT2D eigenvalue weighted by Crippen LogP contribution is 2.25. The number of aromatic nitrogens is 1. The summed E-state index contributed by atoms with van der Waals surface area (Å²) in [6, 6.07) is 6.30. The molecule has 0 unspecified atom stereocenters. The van der Waals surface area contributed by atoms with Gasteiger partial charge < -0.3 is 9.40 Å². The summed E-state index contributed by atoms with van der Waals surface area (Å²) < 4.78 is 5.16. The highest BCUT2D eigenvalue weighted by molar-refractivity contribution is 7.71. The van der Waals surface area contributed by atoms with Crippen molar-refractivity contribution >= 4 is 17.9 Å². The molecule has 0 bridgehead atoms. The molecule has 0 atom stereocenters. The van der Waals surface area contributed by atoms with Gasteiger partial charge in [0.05, 0.1) is 10.6 Å². The van der Waals surface area contributed by atoms with Crippen molar-refractivity contribution in [1.29, 1.82) is 0 Å². The second-order valence-electron chi connectivity index (χ2n) is 3.25. The molecule has 0 aliphatic carbocycles. The second-order valence-corrected chi connectivity index (χ2v) is 3.62. The number of aromatic amines is 1. The number of hydrogen-bond donors (Lipinski definition) is 1. The van der Waals surface area contributed by atoms with Crippen LogP contribution in [0.3, 0.4) is 0 Å². The minimum atomic E-state index is -0.437. The van der Waals surface area contributed by atoms with E-state index in [9.17, 15) is 10.1 Å². The minimum Gasteiger partial charge on any atom is -0.434 e. The standard InChI is InChI=1S/C10H8N2O3S/c1-6-9(11-10(16)15-6)7-3-2-4-8(5-7)12(13)14/h2-5H,1H3,(H,11,16). The van der Waals surface area contributed by atoms with Crippen LogP contribution in [0, 0.1) is 21.9 Å². The maximum Gasteiger partial charge on any atom is 0.270 e. The van der Waals surface area contributed by atoms with Crippen LogP contribution in [0.15, 0.2) is 28.7 Å². The number of rotatable bonds is 2. The zero-order chi connectivity index (χ0) is 11.7. The highest BCUT2D eigenvalue weighted by Gasteiger charge is 2.11. The van der Waals surface area contributed by atoms with Crippen LogP contribution in [0.1, 0.15) is 5.76 Å². The van der Waals surface area contributed by atoms with Gasteiger partial charge in [0.25, 0.3) is 10.5 Å². The fourth-order valence-electron chi connectivity index (χ4n) is 1.46. The van der Waals surface area contributed by atoms with E-state index < -0.39 is 4.92 Å². The fraction of sp³-hybridized carbons (Fsp3) is 0.100. The number of nitrogens with one attached hydrogen (secondary N) is 1. The summed E-state index contributed by atoms with van der Waals surface area (Å²) in [7, 11) is 0. The van der Waals surface area contributed by atoms with E-state index in [2.05, 4.69) is 4.98 Å². The van der Waals surface area contributed by atoms with E-state index in [0.29, 0.717) is 17.0 Å². The Labute approximate surface area is 95.9 Å². The van der Waals surface area contributed by atoms with Crippen LogP contribution >= 0.6 is 12.2 Å². The third-order valence-corrected chi connectivity index (χ3v) is 2.36. The SMILES string of the molecule is Cc1oc(=S)[nH]c1-c1cccc([N+](=O)[O-])c1. The van der Waals surface area contributed by atoms with Gasteiger partial charge in [-0.05, 0) is 19.1 Å². The van der Waals surface area contributed by atoms with E-state index in [-0.39, 0.29) is 10.5 Å². The molecule has 0 aliphatic rings. The maximum atomic E-state index is 10.6. The van der Waals surface area contributed by atoms with Crippen molar-refractivity contribution in [2.45, 2.75) is 6.92 Å². The van der Waals surface area contributed by atoms with E-state index in [4.69, 9.17) is 16.6 Å². The lowest BCUT2D eigenvalue weighted by Crippen LogP contribution is -1.88. The van der Waals surface area contributed by atoms with Crippen LogP contribution in [0.25, 0.3) is 11.3 Å². The zero-order valence-electron chi connectivity index (χ0n) is 8.39.